The minimum atomic E-state index is -0.328. The van der Waals surface area contributed by atoms with Gasteiger partial charge in [0.1, 0.15) is 6.61 Å². The summed E-state index contributed by atoms with van der Waals surface area (Å²) in [5, 5.41) is 3.47. The Morgan fingerprint density at radius 3 is 2.88 bits per heavy atom. The van der Waals surface area contributed by atoms with E-state index in [0.29, 0.717) is 36.2 Å². The van der Waals surface area contributed by atoms with Gasteiger partial charge in [-0.25, -0.2) is 4.79 Å². The summed E-state index contributed by atoms with van der Waals surface area (Å²) in [7, 11) is 0. The van der Waals surface area contributed by atoms with E-state index in [0.717, 1.165) is 18.5 Å². The second-order valence-corrected chi connectivity index (χ2v) is 7.77. The lowest BCUT2D eigenvalue weighted by Gasteiger charge is -2.19. The van der Waals surface area contributed by atoms with Crippen molar-refractivity contribution in [2.45, 2.75) is 53.0 Å². The van der Waals surface area contributed by atoms with Gasteiger partial charge in [-0.2, -0.15) is 0 Å². The Hall–Kier alpha value is -1.62. The number of hydrogen-bond donors (Lipinski definition) is 1. The molecule has 1 aliphatic carbocycles. The molecule has 0 bridgehead atoms. The van der Waals surface area contributed by atoms with Crippen LogP contribution in [0.15, 0.2) is 18.5 Å². The van der Waals surface area contributed by atoms with Crippen LogP contribution in [0.3, 0.4) is 0 Å². The number of carbonyl (C=O) groups is 1. The zero-order chi connectivity index (χ0) is 17.6. The van der Waals surface area contributed by atoms with Crippen LogP contribution in [0.4, 0.5) is 5.69 Å². The smallest absolute Gasteiger partial charge is 0.340 e. The molecule has 0 spiro atoms. The maximum absolute atomic E-state index is 12.3. The maximum Gasteiger partial charge on any atom is 0.340 e. The third kappa shape index (κ3) is 5.78. The minimum absolute atomic E-state index is 0.268. The molecule has 134 valence electrons. The zero-order valence-corrected chi connectivity index (χ0v) is 15.3. The van der Waals surface area contributed by atoms with Gasteiger partial charge in [-0.1, -0.05) is 27.7 Å². The van der Waals surface area contributed by atoms with Gasteiger partial charge in [0, 0.05) is 18.8 Å². The van der Waals surface area contributed by atoms with Gasteiger partial charge in [0.15, 0.2) is 0 Å². The predicted octanol–water partition coefficient (Wildman–Crippen LogP) is 3.90. The molecule has 0 saturated heterocycles. The standard InChI is InChI=1S/C19H30N2O3/c1-14(2)13-23-9-10-24-18(22)16-6-8-20-12-17(16)21-15-5-7-19(3,4)11-15/h6,8,12,14-15,21H,5,7,9-11,13H2,1-4H3. The molecule has 24 heavy (non-hydrogen) atoms. The molecule has 1 aliphatic rings. The van der Waals surface area contributed by atoms with Crippen LogP contribution >= 0.6 is 0 Å². The first kappa shape index (κ1) is 18.7. The molecule has 1 aromatic heterocycles. The molecular weight excluding hydrogens is 304 g/mol. The Balaban J connectivity index is 1.87. The molecule has 1 atom stereocenters. The van der Waals surface area contributed by atoms with E-state index in [-0.39, 0.29) is 12.6 Å². The van der Waals surface area contributed by atoms with Gasteiger partial charge in [0.05, 0.1) is 24.1 Å². The van der Waals surface area contributed by atoms with E-state index in [1.54, 1.807) is 18.5 Å². The summed E-state index contributed by atoms with van der Waals surface area (Å²) >= 11 is 0. The number of ether oxygens (including phenoxy) is 2. The fourth-order valence-corrected chi connectivity index (χ4v) is 3.06. The van der Waals surface area contributed by atoms with Crippen LogP contribution in [0.1, 0.15) is 57.3 Å². The van der Waals surface area contributed by atoms with Crippen LogP contribution in [0, 0.1) is 11.3 Å². The third-order valence-corrected chi connectivity index (χ3v) is 4.28. The Morgan fingerprint density at radius 2 is 2.21 bits per heavy atom. The molecule has 1 aromatic rings. The first-order valence-electron chi connectivity index (χ1n) is 8.83. The van der Waals surface area contributed by atoms with Crippen molar-refractivity contribution in [1.82, 2.24) is 4.98 Å². The Kier molecular flexibility index (Phi) is 6.60. The van der Waals surface area contributed by atoms with Crippen LogP contribution in [-0.4, -0.2) is 36.8 Å². The van der Waals surface area contributed by atoms with Crippen molar-refractivity contribution >= 4 is 11.7 Å². The topological polar surface area (TPSA) is 60.5 Å². The zero-order valence-electron chi connectivity index (χ0n) is 15.3. The molecule has 0 amide bonds. The largest absolute Gasteiger partial charge is 0.460 e. The molecule has 0 aliphatic heterocycles. The van der Waals surface area contributed by atoms with E-state index in [1.807, 2.05) is 0 Å². The molecular formula is C19H30N2O3. The number of rotatable bonds is 8. The van der Waals surface area contributed by atoms with Gasteiger partial charge in [0.25, 0.3) is 0 Å². The highest BCUT2D eigenvalue weighted by Crippen LogP contribution is 2.38. The molecule has 1 saturated carbocycles. The average molecular weight is 334 g/mol. The van der Waals surface area contributed by atoms with Crippen molar-refractivity contribution in [3.63, 3.8) is 0 Å². The van der Waals surface area contributed by atoms with Crippen molar-refractivity contribution in [3.05, 3.63) is 24.0 Å². The number of pyridine rings is 1. The number of hydrogen-bond acceptors (Lipinski definition) is 5. The second-order valence-electron chi connectivity index (χ2n) is 7.77. The number of esters is 1. The second kappa shape index (κ2) is 8.47. The van der Waals surface area contributed by atoms with E-state index < -0.39 is 0 Å². The normalized spacial score (nSPS) is 19.5. The first-order chi connectivity index (χ1) is 11.4. The molecule has 0 aromatic carbocycles. The van der Waals surface area contributed by atoms with E-state index in [4.69, 9.17) is 9.47 Å². The lowest BCUT2D eigenvalue weighted by Crippen LogP contribution is -2.20. The van der Waals surface area contributed by atoms with Gasteiger partial charge in [0.2, 0.25) is 0 Å². The van der Waals surface area contributed by atoms with Crippen LogP contribution < -0.4 is 5.32 Å². The third-order valence-electron chi connectivity index (χ3n) is 4.28. The molecule has 1 unspecified atom stereocenters. The van der Waals surface area contributed by atoms with Gasteiger partial charge in [-0.15, -0.1) is 0 Å². The van der Waals surface area contributed by atoms with Crippen molar-refractivity contribution < 1.29 is 14.3 Å². The molecule has 5 nitrogen and oxygen atoms in total. The summed E-state index contributed by atoms with van der Waals surface area (Å²) in [6.45, 7) is 10.1. The molecule has 5 heteroatoms. The van der Waals surface area contributed by atoms with Crippen molar-refractivity contribution in [1.29, 1.82) is 0 Å². The van der Waals surface area contributed by atoms with E-state index in [9.17, 15) is 4.79 Å². The molecule has 1 N–H and O–H groups in total. The Bertz CT molecular complexity index is 543. The highest BCUT2D eigenvalue weighted by Gasteiger charge is 2.31. The Morgan fingerprint density at radius 1 is 1.42 bits per heavy atom. The molecule has 2 rings (SSSR count). The average Bonchev–Trinajstić information content (AvgIpc) is 2.86. The van der Waals surface area contributed by atoms with Crippen LogP contribution in [-0.2, 0) is 9.47 Å². The Labute approximate surface area is 145 Å². The summed E-state index contributed by atoms with van der Waals surface area (Å²) in [6.07, 6.45) is 6.73. The fraction of sp³-hybridized carbons (Fsp3) is 0.684. The van der Waals surface area contributed by atoms with Gasteiger partial charge >= 0.3 is 5.97 Å². The van der Waals surface area contributed by atoms with Gasteiger partial charge < -0.3 is 14.8 Å². The number of carbonyl (C=O) groups excluding carboxylic acids is 1. The van der Waals surface area contributed by atoms with Crippen LogP contribution in [0.2, 0.25) is 0 Å². The highest BCUT2D eigenvalue weighted by atomic mass is 16.6. The number of nitrogens with one attached hydrogen (secondary N) is 1. The first-order valence-corrected chi connectivity index (χ1v) is 8.83. The number of aromatic nitrogens is 1. The van der Waals surface area contributed by atoms with E-state index >= 15 is 0 Å². The van der Waals surface area contributed by atoms with Crippen LogP contribution in [0.25, 0.3) is 0 Å². The lowest BCUT2D eigenvalue weighted by atomic mass is 9.92. The highest BCUT2D eigenvalue weighted by molar-refractivity contribution is 5.95. The number of nitrogens with zero attached hydrogens (tertiary/aromatic N) is 1. The molecule has 1 heterocycles. The van der Waals surface area contributed by atoms with Crippen molar-refractivity contribution in [2.75, 3.05) is 25.1 Å². The summed E-state index contributed by atoms with van der Waals surface area (Å²) in [5.74, 6) is 0.151. The van der Waals surface area contributed by atoms with Crippen LogP contribution in [0.5, 0.6) is 0 Å². The summed E-state index contributed by atoms with van der Waals surface area (Å²) in [4.78, 5) is 16.5. The number of anilines is 1. The fourth-order valence-electron chi connectivity index (χ4n) is 3.06. The summed E-state index contributed by atoms with van der Waals surface area (Å²) < 4.78 is 10.8. The SMILES string of the molecule is CC(C)COCCOC(=O)c1ccncc1NC1CCC(C)(C)C1. The lowest BCUT2D eigenvalue weighted by molar-refractivity contribution is 0.0278. The van der Waals surface area contributed by atoms with Crippen molar-refractivity contribution in [3.8, 4) is 0 Å². The van der Waals surface area contributed by atoms with Gasteiger partial charge in [-0.3, -0.25) is 4.98 Å². The monoisotopic (exact) mass is 334 g/mol. The minimum Gasteiger partial charge on any atom is -0.460 e. The van der Waals surface area contributed by atoms with E-state index in [2.05, 4.69) is 38.0 Å². The summed E-state index contributed by atoms with van der Waals surface area (Å²) in [6, 6.07) is 2.09. The quantitative estimate of drug-likeness (QED) is 0.577. The van der Waals surface area contributed by atoms with Gasteiger partial charge in [-0.05, 0) is 36.7 Å². The van der Waals surface area contributed by atoms with E-state index in [1.165, 1.54) is 6.42 Å². The van der Waals surface area contributed by atoms with Crippen molar-refractivity contribution in [2.24, 2.45) is 11.3 Å². The maximum atomic E-state index is 12.3. The molecule has 0 radical (unpaired) electrons. The summed E-state index contributed by atoms with van der Waals surface area (Å²) in [5.41, 5.74) is 1.65. The predicted molar refractivity (Wildman–Crippen MR) is 95.2 cm³/mol. The molecule has 1 fully saturated rings.